The van der Waals surface area contributed by atoms with E-state index in [1.165, 1.54) is 4.80 Å². The molecule has 2 heterocycles. The largest absolute Gasteiger partial charge is 0.273 e. The van der Waals surface area contributed by atoms with Gasteiger partial charge in [-0.3, -0.25) is 25.1 Å². The van der Waals surface area contributed by atoms with Crippen LogP contribution < -0.4 is 10.9 Å². The number of nitrogens with zero attached hydrogens (tertiary/aromatic N) is 6. The molecule has 2 aromatic carbocycles. The third kappa shape index (κ3) is 5.12. The van der Waals surface area contributed by atoms with Crippen LogP contribution in [0.15, 0.2) is 54.6 Å². The Hall–Kier alpha value is -4.34. The van der Waals surface area contributed by atoms with Gasteiger partial charge in [-0.05, 0) is 36.8 Å². The molecule has 0 aliphatic heterocycles. The predicted molar refractivity (Wildman–Crippen MR) is 121 cm³/mol. The number of amides is 2. The number of tetrazole rings is 1. The van der Waals surface area contributed by atoms with Gasteiger partial charge in [0.1, 0.15) is 0 Å². The van der Waals surface area contributed by atoms with Crippen molar-refractivity contribution in [2.45, 2.75) is 26.8 Å². The van der Waals surface area contributed by atoms with Gasteiger partial charge in [0.25, 0.3) is 5.91 Å². The van der Waals surface area contributed by atoms with E-state index in [-0.39, 0.29) is 12.3 Å². The lowest BCUT2D eigenvalue weighted by Crippen LogP contribution is -2.42. The minimum atomic E-state index is -0.403. The average molecular weight is 444 g/mol. The number of hydrogen-bond acceptors (Lipinski definition) is 6. The number of aromatic nitrogens is 6. The first kappa shape index (κ1) is 21.9. The van der Waals surface area contributed by atoms with Gasteiger partial charge in [-0.1, -0.05) is 42.5 Å². The Morgan fingerprint density at radius 3 is 2.33 bits per heavy atom. The Morgan fingerprint density at radius 2 is 1.67 bits per heavy atom. The van der Waals surface area contributed by atoms with Crippen LogP contribution in [0.25, 0.3) is 11.4 Å². The maximum Gasteiger partial charge on any atom is 0.269 e. The predicted octanol–water partition coefficient (Wildman–Crippen LogP) is 1.74. The van der Waals surface area contributed by atoms with E-state index in [1.54, 1.807) is 16.8 Å². The molecule has 2 N–H and O–H groups in total. The van der Waals surface area contributed by atoms with Crippen molar-refractivity contribution in [3.05, 3.63) is 82.7 Å². The Kier molecular flexibility index (Phi) is 6.25. The number of carbonyl (C=O) groups is 2. The number of hydrazine groups is 1. The van der Waals surface area contributed by atoms with Gasteiger partial charge in [0.15, 0.2) is 0 Å². The lowest BCUT2D eigenvalue weighted by Gasteiger charge is -2.08. The highest BCUT2D eigenvalue weighted by Crippen LogP contribution is 2.13. The second-order valence-corrected chi connectivity index (χ2v) is 7.66. The Morgan fingerprint density at radius 1 is 0.939 bits per heavy atom. The molecule has 4 aromatic rings. The van der Waals surface area contributed by atoms with Crippen molar-refractivity contribution >= 4 is 11.8 Å². The fourth-order valence-electron chi connectivity index (χ4n) is 3.41. The molecule has 4 rings (SSSR count). The Bertz CT molecular complexity index is 1280. The second kappa shape index (κ2) is 9.43. The minimum absolute atomic E-state index is 0.139. The maximum atomic E-state index is 12.4. The molecule has 0 saturated heterocycles. The van der Waals surface area contributed by atoms with Crippen molar-refractivity contribution in [1.82, 2.24) is 40.8 Å². The zero-order valence-corrected chi connectivity index (χ0v) is 18.6. The standard InChI is InChI=1S/C23H24N8O2/c1-15-20(16(2)30(3)27-15)13-21(32)24-26-23(33)19-11-9-17(10-12-19)14-31-28-22(25-29-31)18-7-5-4-6-8-18/h4-12H,13-14H2,1-3H3,(H,24,32)(H,26,33). The molecule has 0 unspecified atom stereocenters. The maximum absolute atomic E-state index is 12.4. The van der Waals surface area contributed by atoms with E-state index in [0.717, 1.165) is 28.1 Å². The molecule has 2 amide bonds. The van der Waals surface area contributed by atoms with Crippen LogP contribution in [0, 0.1) is 13.8 Å². The van der Waals surface area contributed by atoms with Gasteiger partial charge < -0.3 is 0 Å². The second-order valence-electron chi connectivity index (χ2n) is 7.66. The molecule has 0 saturated carbocycles. The normalized spacial score (nSPS) is 10.8. The average Bonchev–Trinajstić information content (AvgIpc) is 3.38. The van der Waals surface area contributed by atoms with E-state index in [4.69, 9.17) is 0 Å². The lowest BCUT2D eigenvalue weighted by molar-refractivity contribution is -0.121. The summed E-state index contributed by atoms with van der Waals surface area (Å²) in [7, 11) is 1.83. The summed E-state index contributed by atoms with van der Waals surface area (Å²) in [5.74, 6) is -0.163. The molecule has 168 valence electrons. The topological polar surface area (TPSA) is 120 Å². The van der Waals surface area contributed by atoms with Crippen LogP contribution in [-0.4, -0.2) is 41.8 Å². The number of rotatable bonds is 6. The zero-order valence-electron chi connectivity index (χ0n) is 18.6. The summed E-state index contributed by atoms with van der Waals surface area (Å²) in [5, 5.41) is 16.9. The van der Waals surface area contributed by atoms with Crippen LogP contribution >= 0.6 is 0 Å². The van der Waals surface area contributed by atoms with Crippen molar-refractivity contribution in [1.29, 1.82) is 0 Å². The summed E-state index contributed by atoms with van der Waals surface area (Å²) in [5.41, 5.74) is 9.70. The van der Waals surface area contributed by atoms with E-state index >= 15 is 0 Å². The first-order chi connectivity index (χ1) is 15.9. The summed E-state index contributed by atoms with van der Waals surface area (Å²) in [4.78, 5) is 26.1. The number of benzene rings is 2. The molecule has 33 heavy (non-hydrogen) atoms. The highest BCUT2D eigenvalue weighted by Gasteiger charge is 2.14. The van der Waals surface area contributed by atoms with Gasteiger partial charge in [0.2, 0.25) is 11.7 Å². The van der Waals surface area contributed by atoms with E-state index in [9.17, 15) is 9.59 Å². The van der Waals surface area contributed by atoms with E-state index < -0.39 is 5.91 Å². The lowest BCUT2D eigenvalue weighted by atomic mass is 10.1. The number of aryl methyl sites for hydroxylation is 2. The van der Waals surface area contributed by atoms with E-state index in [0.29, 0.717) is 17.9 Å². The van der Waals surface area contributed by atoms with Crippen LogP contribution in [0.1, 0.15) is 32.9 Å². The van der Waals surface area contributed by atoms with Gasteiger partial charge in [0.05, 0.1) is 18.7 Å². The van der Waals surface area contributed by atoms with Crippen molar-refractivity contribution < 1.29 is 9.59 Å². The van der Waals surface area contributed by atoms with Gasteiger partial charge in [-0.15, -0.1) is 10.2 Å². The van der Waals surface area contributed by atoms with Gasteiger partial charge in [-0.25, -0.2) is 0 Å². The van der Waals surface area contributed by atoms with Crippen molar-refractivity contribution in [3.63, 3.8) is 0 Å². The smallest absolute Gasteiger partial charge is 0.269 e. The number of hydrogen-bond donors (Lipinski definition) is 2. The Balaban J connectivity index is 1.31. The minimum Gasteiger partial charge on any atom is -0.273 e. The quantitative estimate of drug-likeness (QED) is 0.437. The van der Waals surface area contributed by atoms with Crippen molar-refractivity contribution in [3.8, 4) is 11.4 Å². The molecular weight excluding hydrogens is 420 g/mol. The molecule has 0 atom stereocenters. The molecule has 10 heteroatoms. The fourth-order valence-corrected chi connectivity index (χ4v) is 3.41. The summed E-state index contributed by atoms with van der Waals surface area (Å²) >= 11 is 0. The SMILES string of the molecule is Cc1nn(C)c(C)c1CC(=O)NNC(=O)c1ccc(Cn2nnc(-c3ccccc3)n2)cc1. The van der Waals surface area contributed by atoms with Gasteiger partial charge >= 0.3 is 0 Å². The van der Waals surface area contributed by atoms with Gasteiger partial charge in [-0.2, -0.15) is 9.90 Å². The molecule has 2 aromatic heterocycles. The van der Waals surface area contributed by atoms with Crippen LogP contribution in [0.3, 0.4) is 0 Å². The van der Waals surface area contributed by atoms with E-state index in [1.807, 2.05) is 63.4 Å². The molecule has 0 fully saturated rings. The first-order valence-electron chi connectivity index (χ1n) is 10.4. The van der Waals surface area contributed by atoms with E-state index in [2.05, 4.69) is 31.4 Å². The number of carbonyl (C=O) groups excluding carboxylic acids is 2. The molecule has 0 aliphatic rings. The summed E-state index contributed by atoms with van der Waals surface area (Å²) in [6.07, 6.45) is 0.139. The summed E-state index contributed by atoms with van der Waals surface area (Å²) in [6.45, 7) is 4.18. The Labute approximate surface area is 190 Å². The molecule has 10 nitrogen and oxygen atoms in total. The van der Waals surface area contributed by atoms with Crippen molar-refractivity contribution in [2.24, 2.45) is 7.05 Å². The number of nitrogens with one attached hydrogen (secondary N) is 2. The van der Waals surface area contributed by atoms with Crippen LogP contribution in [-0.2, 0) is 24.8 Å². The summed E-state index contributed by atoms with van der Waals surface area (Å²) < 4.78 is 1.73. The highest BCUT2D eigenvalue weighted by molar-refractivity contribution is 5.95. The zero-order chi connectivity index (χ0) is 23.4. The molecule has 0 radical (unpaired) electrons. The third-order valence-corrected chi connectivity index (χ3v) is 5.34. The van der Waals surface area contributed by atoms with Crippen molar-refractivity contribution in [2.75, 3.05) is 0 Å². The highest BCUT2D eigenvalue weighted by atomic mass is 16.2. The van der Waals surface area contributed by atoms with Gasteiger partial charge in [0, 0.05) is 29.4 Å². The third-order valence-electron chi connectivity index (χ3n) is 5.34. The molecule has 0 aliphatic carbocycles. The van der Waals surface area contributed by atoms with Crippen LogP contribution in [0.4, 0.5) is 0 Å². The first-order valence-corrected chi connectivity index (χ1v) is 10.4. The fraction of sp³-hybridized carbons (Fsp3) is 0.217. The molecular formula is C23H24N8O2. The summed E-state index contributed by atoms with van der Waals surface area (Å²) in [6, 6.07) is 16.6. The van der Waals surface area contributed by atoms with Crippen LogP contribution in [0.2, 0.25) is 0 Å². The van der Waals surface area contributed by atoms with Crippen LogP contribution in [0.5, 0.6) is 0 Å². The monoisotopic (exact) mass is 444 g/mol. The molecule has 0 bridgehead atoms. The molecule has 0 spiro atoms.